The van der Waals surface area contributed by atoms with Gasteiger partial charge in [0.1, 0.15) is 18.2 Å². The maximum absolute atomic E-state index is 13.3. The van der Waals surface area contributed by atoms with Crippen molar-refractivity contribution in [2.45, 2.75) is 38.4 Å². The molecule has 0 aromatic heterocycles. The Kier molecular flexibility index (Phi) is 4.13. The SMILES string of the molecule is CC1(C)CCC(COc2cc(F)cc(B(O)O)c2)O1. The molecule has 1 saturated heterocycles. The van der Waals surface area contributed by atoms with Gasteiger partial charge in [0, 0.05) is 6.07 Å². The van der Waals surface area contributed by atoms with Gasteiger partial charge in [0.25, 0.3) is 0 Å². The Labute approximate surface area is 112 Å². The summed E-state index contributed by atoms with van der Waals surface area (Å²) in [6.07, 6.45) is 1.85. The van der Waals surface area contributed by atoms with Crippen LogP contribution in [0.2, 0.25) is 0 Å². The van der Waals surface area contributed by atoms with Crippen molar-refractivity contribution in [3.8, 4) is 5.75 Å². The molecule has 4 nitrogen and oxygen atoms in total. The Morgan fingerprint density at radius 1 is 1.42 bits per heavy atom. The van der Waals surface area contributed by atoms with Gasteiger partial charge in [-0.3, -0.25) is 0 Å². The summed E-state index contributed by atoms with van der Waals surface area (Å²) in [7, 11) is -1.71. The lowest BCUT2D eigenvalue weighted by Crippen LogP contribution is -2.30. The van der Waals surface area contributed by atoms with E-state index in [0.717, 1.165) is 18.9 Å². The van der Waals surface area contributed by atoms with Crippen LogP contribution in [0, 0.1) is 5.82 Å². The van der Waals surface area contributed by atoms with Gasteiger partial charge < -0.3 is 19.5 Å². The van der Waals surface area contributed by atoms with E-state index in [4.69, 9.17) is 19.5 Å². The minimum atomic E-state index is -1.71. The van der Waals surface area contributed by atoms with Crippen molar-refractivity contribution >= 4 is 12.6 Å². The first-order valence-electron chi connectivity index (χ1n) is 6.33. The fourth-order valence-electron chi connectivity index (χ4n) is 2.20. The van der Waals surface area contributed by atoms with Gasteiger partial charge in [0.2, 0.25) is 0 Å². The molecule has 0 bridgehead atoms. The third-order valence-electron chi connectivity index (χ3n) is 3.18. The second kappa shape index (κ2) is 5.49. The van der Waals surface area contributed by atoms with Crippen LogP contribution in [0.15, 0.2) is 18.2 Å². The van der Waals surface area contributed by atoms with E-state index in [-0.39, 0.29) is 22.9 Å². The summed E-state index contributed by atoms with van der Waals surface area (Å²) < 4.78 is 24.5. The Balaban J connectivity index is 1.96. The Hall–Kier alpha value is -1.11. The van der Waals surface area contributed by atoms with E-state index >= 15 is 0 Å². The molecule has 0 saturated carbocycles. The van der Waals surface area contributed by atoms with Crippen molar-refractivity contribution in [3.05, 3.63) is 24.0 Å². The van der Waals surface area contributed by atoms with Crippen molar-refractivity contribution in [2.75, 3.05) is 6.61 Å². The van der Waals surface area contributed by atoms with Gasteiger partial charge in [0.05, 0.1) is 11.7 Å². The fraction of sp³-hybridized carbons (Fsp3) is 0.538. The molecule has 1 fully saturated rings. The molecule has 1 aromatic rings. The predicted octanol–water partition coefficient (Wildman–Crippen LogP) is 0.842. The van der Waals surface area contributed by atoms with Gasteiger partial charge in [-0.05, 0) is 44.3 Å². The van der Waals surface area contributed by atoms with E-state index < -0.39 is 12.9 Å². The van der Waals surface area contributed by atoms with Crippen LogP contribution < -0.4 is 10.2 Å². The molecule has 1 heterocycles. The van der Waals surface area contributed by atoms with Crippen LogP contribution in [0.5, 0.6) is 5.75 Å². The zero-order valence-corrected chi connectivity index (χ0v) is 11.1. The molecule has 0 aliphatic carbocycles. The van der Waals surface area contributed by atoms with E-state index in [1.54, 1.807) is 0 Å². The van der Waals surface area contributed by atoms with Gasteiger partial charge in [-0.1, -0.05) is 0 Å². The molecular weight excluding hydrogens is 250 g/mol. The number of ether oxygens (including phenoxy) is 2. The first-order chi connectivity index (χ1) is 8.85. The second-order valence-corrected chi connectivity index (χ2v) is 5.44. The summed E-state index contributed by atoms with van der Waals surface area (Å²) in [5.41, 5.74) is -0.0646. The van der Waals surface area contributed by atoms with E-state index in [1.807, 2.05) is 13.8 Å². The molecule has 1 unspecified atom stereocenters. The van der Waals surface area contributed by atoms with Gasteiger partial charge >= 0.3 is 7.12 Å². The molecule has 6 heteroatoms. The molecule has 1 aromatic carbocycles. The van der Waals surface area contributed by atoms with E-state index in [1.165, 1.54) is 12.1 Å². The molecule has 0 amide bonds. The van der Waals surface area contributed by atoms with Crippen molar-refractivity contribution in [3.63, 3.8) is 0 Å². The van der Waals surface area contributed by atoms with Gasteiger partial charge in [-0.25, -0.2) is 4.39 Å². The highest BCUT2D eigenvalue weighted by Crippen LogP contribution is 2.29. The van der Waals surface area contributed by atoms with Crippen LogP contribution in [0.4, 0.5) is 4.39 Å². The van der Waals surface area contributed by atoms with Crippen molar-refractivity contribution in [2.24, 2.45) is 0 Å². The summed E-state index contributed by atoms with van der Waals surface area (Å²) in [4.78, 5) is 0. The highest BCUT2D eigenvalue weighted by molar-refractivity contribution is 6.58. The summed E-state index contributed by atoms with van der Waals surface area (Å²) >= 11 is 0. The number of rotatable bonds is 4. The van der Waals surface area contributed by atoms with Gasteiger partial charge in [-0.15, -0.1) is 0 Å². The summed E-state index contributed by atoms with van der Waals surface area (Å²) in [5, 5.41) is 18.1. The van der Waals surface area contributed by atoms with Gasteiger partial charge in [-0.2, -0.15) is 0 Å². The van der Waals surface area contributed by atoms with E-state index in [9.17, 15) is 4.39 Å². The maximum atomic E-state index is 13.3. The fourth-order valence-corrected chi connectivity index (χ4v) is 2.20. The molecular formula is C13H18BFO4. The highest BCUT2D eigenvalue weighted by atomic mass is 19.1. The monoisotopic (exact) mass is 268 g/mol. The average molecular weight is 268 g/mol. The summed E-state index contributed by atoms with van der Waals surface area (Å²) in [6, 6.07) is 3.69. The first-order valence-corrected chi connectivity index (χ1v) is 6.33. The first kappa shape index (κ1) is 14.3. The number of halogens is 1. The van der Waals surface area contributed by atoms with Gasteiger partial charge in [0.15, 0.2) is 0 Å². The van der Waals surface area contributed by atoms with Crippen molar-refractivity contribution in [1.82, 2.24) is 0 Å². The van der Waals surface area contributed by atoms with Crippen LogP contribution >= 0.6 is 0 Å². The third kappa shape index (κ3) is 3.93. The lowest BCUT2D eigenvalue weighted by atomic mass is 9.80. The average Bonchev–Trinajstić information content (AvgIpc) is 2.65. The highest BCUT2D eigenvalue weighted by Gasteiger charge is 2.31. The summed E-state index contributed by atoms with van der Waals surface area (Å²) in [6.45, 7) is 4.37. The predicted molar refractivity (Wildman–Crippen MR) is 69.9 cm³/mol. The van der Waals surface area contributed by atoms with E-state index in [2.05, 4.69) is 0 Å². The smallest absolute Gasteiger partial charge is 0.488 e. The Bertz CT molecular complexity index is 450. The molecule has 2 N–H and O–H groups in total. The molecule has 104 valence electrons. The second-order valence-electron chi connectivity index (χ2n) is 5.44. The lowest BCUT2D eigenvalue weighted by Gasteiger charge is -2.19. The molecule has 2 rings (SSSR count). The Morgan fingerprint density at radius 3 is 2.74 bits per heavy atom. The van der Waals surface area contributed by atoms with Crippen molar-refractivity contribution < 1.29 is 23.9 Å². The Morgan fingerprint density at radius 2 is 2.16 bits per heavy atom. The standard InChI is InChI=1S/C13H18BFO4/c1-13(2)4-3-11(19-13)8-18-12-6-9(14(16)17)5-10(15)7-12/h5-7,11,16-17H,3-4,8H2,1-2H3. The quantitative estimate of drug-likeness (QED) is 0.794. The molecule has 1 atom stereocenters. The van der Waals surface area contributed by atoms with E-state index in [0.29, 0.717) is 6.61 Å². The number of hydrogen-bond acceptors (Lipinski definition) is 4. The van der Waals surface area contributed by atoms with Crippen LogP contribution in [-0.4, -0.2) is 35.5 Å². The van der Waals surface area contributed by atoms with Crippen LogP contribution in [0.1, 0.15) is 26.7 Å². The molecule has 19 heavy (non-hydrogen) atoms. The largest absolute Gasteiger partial charge is 0.491 e. The molecule has 1 aliphatic heterocycles. The number of hydrogen-bond donors (Lipinski definition) is 2. The number of benzene rings is 1. The normalized spacial score (nSPS) is 21.4. The van der Waals surface area contributed by atoms with Crippen molar-refractivity contribution in [1.29, 1.82) is 0 Å². The maximum Gasteiger partial charge on any atom is 0.488 e. The molecule has 0 spiro atoms. The molecule has 1 aliphatic rings. The topological polar surface area (TPSA) is 58.9 Å². The third-order valence-corrected chi connectivity index (χ3v) is 3.18. The zero-order valence-electron chi connectivity index (χ0n) is 11.1. The van der Waals surface area contributed by atoms with Crippen LogP contribution in [0.3, 0.4) is 0 Å². The minimum Gasteiger partial charge on any atom is -0.491 e. The molecule has 0 radical (unpaired) electrons. The lowest BCUT2D eigenvalue weighted by molar-refractivity contribution is -0.0326. The zero-order chi connectivity index (χ0) is 14.0. The van der Waals surface area contributed by atoms with Crippen LogP contribution in [-0.2, 0) is 4.74 Å². The summed E-state index contributed by atoms with van der Waals surface area (Å²) in [5.74, 6) is -0.287. The van der Waals surface area contributed by atoms with Crippen LogP contribution in [0.25, 0.3) is 0 Å². The minimum absolute atomic E-state index is 0.0132.